The molecule has 0 bridgehead atoms. The second kappa shape index (κ2) is 5.53. The lowest BCUT2D eigenvalue weighted by Gasteiger charge is -2.10. The maximum atomic E-state index is 6.01. The van der Waals surface area contributed by atoms with E-state index in [1.165, 1.54) is 27.1 Å². The van der Waals surface area contributed by atoms with Crippen molar-refractivity contribution >= 4 is 21.5 Å². The molecule has 0 amide bonds. The van der Waals surface area contributed by atoms with Crippen molar-refractivity contribution in [1.82, 2.24) is 0 Å². The van der Waals surface area contributed by atoms with Crippen LogP contribution in [0.5, 0.6) is 5.75 Å². The minimum Gasteiger partial charge on any atom is -0.489 e. The van der Waals surface area contributed by atoms with Crippen molar-refractivity contribution in [3.8, 4) is 5.75 Å². The molecule has 0 aromatic heterocycles. The van der Waals surface area contributed by atoms with Crippen molar-refractivity contribution < 1.29 is 4.74 Å². The van der Waals surface area contributed by atoms with Crippen LogP contribution in [0.25, 0.3) is 21.5 Å². The summed E-state index contributed by atoms with van der Waals surface area (Å²) < 4.78 is 6.01. The molecule has 1 heteroatoms. The molecule has 106 valence electrons. The number of fused-ring (bicyclic) bond motifs is 2. The number of rotatable bonds is 3. The van der Waals surface area contributed by atoms with Crippen LogP contribution in [0.4, 0.5) is 0 Å². The van der Waals surface area contributed by atoms with Crippen LogP contribution in [0.1, 0.15) is 5.56 Å². The molecule has 4 aromatic rings. The monoisotopic (exact) mass is 284 g/mol. The summed E-state index contributed by atoms with van der Waals surface area (Å²) in [4.78, 5) is 0. The third-order valence-corrected chi connectivity index (χ3v) is 4.00. The van der Waals surface area contributed by atoms with Gasteiger partial charge >= 0.3 is 0 Å². The van der Waals surface area contributed by atoms with E-state index in [1.807, 2.05) is 6.07 Å². The fraction of sp³-hybridized carbons (Fsp3) is 0.0476. The van der Waals surface area contributed by atoms with Gasteiger partial charge in [0.2, 0.25) is 0 Å². The molecule has 0 unspecified atom stereocenters. The van der Waals surface area contributed by atoms with Gasteiger partial charge in [-0.2, -0.15) is 0 Å². The summed E-state index contributed by atoms with van der Waals surface area (Å²) in [6.07, 6.45) is 0. The van der Waals surface area contributed by atoms with Gasteiger partial charge in [0, 0.05) is 0 Å². The Morgan fingerprint density at radius 3 is 2.23 bits per heavy atom. The van der Waals surface area contributed by atoms with E-state index >= 15 is 0 Å². The zero-order valence-corrected chi connectivity index (χ0v) is 12.2. The van der Waals surface area contributed by atoms with Gasteiger partial charge in [0.05, 0.1) is 0 Å². The van der Waals surface area contributed by atoms with E-state index in [1.54, 1.807) is 0 Å². The van der Waals surface area contributed by atoms with E-state index in [0.29, 0.717) is 6.61 Å². The Morgan fingerprint density at radius 2 is 1.32 bits per heavy atom. The maximum Gasteiger partial charge on any atom is 0.120 e. The number of hydrogen-bond acceptors (Lipinski definition) is 1. The summed E-state index contributed by atoms with van der Waals surface area (Å²) in [5.41, 5.74) is 1.21. The van der Waals surface area contributed by atoms with Crippen molar-refractivity contribution in [2.24, 2.45) is 0 Å². The van der Waals surface area contributed by atoms with E-state index in [-0.39, 0.29) is 0 Å². The van der Waals surface area contributed by atoms with Gasteiger partial charge in [-0.3, -0.25) is 0 Å². The first-order valence-electron chi connectivity index (χ1n) is 7.48. The van der Waals surface area contributed by atoms with Gasteiger partial charge in [-0.05, 0) is 39.2 Å². The number of ether oxygens (including phenoxy) is 1. The predicted molar refractivity (Wildman–Crippen MR) is 92.2 cm³/mol. The van der Waals surface area contributed by atoms with Crippen LogP contribution in [-0.4, -0.2) is 0 Å². The fourth-order valence-electron chi connectivity index (χ4n) is 2.84. The highest BCUT2D eigenvalue weighted by atomic mass is 16.5. The molecule has 0 saturated carbocycles. The van der Waals surface area contributed by atoms with Gasteiger partial charge in [-0.15, -0.1) is 0 Å². The second-order valence-electron chi connectivity index (χ2n) is 5.44. The molecule has 0 aliphatic carbocycles. The summed E-state index contributed by atoms with van der Waals surface area (Å²) in [7, 11) is 0. The average molecular weight is 284 g/mol. The number of benzene rings is 4. The summed E-state index contributed by atoms with van der Waals surface area (Å²) in [5.74, 6) is 0.909. The van der Waals surface area contributed by atoms with E-state index in [0.717, 1.165) is 5.75 Å². The summed E-state index contributed by atoms with van der Waals surface area (Å²) >= 11 is 0. The molecule has 0 saturated heterocycles. The lowest BCUT2D eigenvalue weighted by atomic mass is 10.1. The molecule has 4 aromatic carbocycles. The Morgan fingerprint density at radius 1 is 0.591 bits per heavy atom. The molecule has 0 atom stereocenters. The molecule has 0 spiro atoms. The predicted octanol–water partition coefficient (Wildman–Crippen LogP) is 5.57. The van der Waals surface area contributed by atoms with Crippen LogP contribution in [0, 0.1) is 0 Å². The van der Waals surface area contributed by atoms with Crippen LogP contribution in [0.3, 0.4) is 0 Å². The van der Waals surface area contributed by atoms with Crippen LogP contribution in [0.15, 0.2) is 84.9 Å². The minimum absolute atomic E-state index is 0.583. The minimum atomic E-state index is 0.583. The van der Waals surface area contributed by atoms with Crippen molar-refractivity contribution in [1.29, 1.82) is 0 Å². The second-order valence-corrected chi connectivity index (χ2v) is 5.44. The highest BCUT2D eigenvalue weighted by Crippen LogP contribution is 2.23. The molecule has 0 N–H and O–H groups in total. The molecule has 0 heterocycles. The van der Waals surface area contributed by atoms with Gasteiger partial charge in [-0.1, -0.05) is 72.8 Å². The summed E-state index contributed by atoms with van der Waals surface area (Å²) in [6, 6.07) is 29.3. The average Bonchev–Trinajstić information content (AvgIpc) is 2.60. The zero-order valence-electron chi connectivity index (χ0n) is 12.2. The number of hydrogen-bond donors (Lipinski definition) is 0. The SMILES string of the molecule is c1ccc2cc(OCc3cccc4ccccc34)ccc2c1. The molecular formula is C21H16O. The van der Waals surface area contributed by atoms with Gasteiger partial charge in [0.15, 0.2) is 0 Å². The Hall–Kier alpha value is -2.80. The molecule has 22 heavy (non-hydrogen) atoms. The standard InChI is InChI=1S/C21H16O/c1-2-8-18-14-20(13-12-16(18)6-1)22-15-19-10-5-9-17-7-3-4-11-21(17)19/h1-14H,15H2. The first kappa shape index (κ1) is 12.9. The van der Waals surface area contributed by atoms with Crippen LogP contribution in [0.2, 0.25) is 0 Å². The molecule has 0 radical (unpaired) electrons. The van der Waals surface area contributed by atoms with Crippen molar-refractivity contribution in [3.63, 3.8) is 0 Å². The fourth-order valence-corrected chi connectivity index (χ4v) is 2.84. The van der Waals surface area contributed by atoms with Crippen molar-refractivity contribution in [2.45, 2.75) is 6.61 Å². The molecule has 0 fully saturated rings. The van der Waals surface area contributed by atoms with Crippen LogP contribution >= 0.6 is 0 Å². The molecule has 4 rings (SSSR count). The van der Waals surface area contributed by atoms with Crippen LogP contribution < -0.4 is 4.74 Å². The Bertz CT molecular complexity index is 935. The first-order valence-corrected chi connectivity index (χ1v) is 7.48. The normalized spacial score (nSPS) is 10.9. The van der Waals surface area contributed by atoms with E-state index < -0.39 is 0 Å². The molecular weight excluding hydrogens is 268 g/mol. The first-order chi connectivity index (χ1) is 10.9. The van der Waals surface area contributed by atoms with Crippen molar-refractivity contribution in [2.75, 3.05) is 0 Å². The largest absolute Gasteiger partial charge is 0.489 e. The lowest BCUT2D eigenvalue weighted by Crippen LogP contribution is -1.96. The lowest BCUT2D eigenvalue weighted by molar-refractivity contribution is 0.308. The van der Waals surface area contributed by atoms with Gasteiger partial charge in [0.1, 0.15) is 12.4 Å². The van der Waals surface area contributed by atoms with Gasteiger partial charge < -0.3 is 4.74 Å². The Kier molecular flexibility index (Phi) is 3.24. The third-order valence-electron chi connectivity index (χ3n) is 4.00. The Labute approximate surface area is 129 Å². The highest BCUT2D eigenvalue weighted by Gasteiger charge is 2.02. The third kappa shape index (κ3) is 2.42. The zero-order chi connectivity index (χ0) is 14.8. The summed E-state index contributed by atoms with van der Waals surface area (Å²) in [5, 5.41) is 4.95. The quantitative estimate of drug-likeness (QED) is 0.477. The van der Waals surface area contributed by atoms with Gasteiger partial charge in [-0.25, -0.2) is 0 Å². The van der Waals surface area contributed by atoms with E-state index in [9.17, 15) is 0 Å². The molecule has 1 nitrogen and oxygen atoms in total. The van der Waals surface area contributed by atoms with E-state index in [4.69, 9.17) is 4.74 Å². The van der Waals surface area contributed by atoms with Crippen LogP contribution in [-0.2, 0) is 6.61 Å². The van der Waals surface area contributed by atoms with Crippen molar-refractivity contribution in [3.05, 3.63) is 90.5 Å². The smallest absolute Gasteiger partial charge is 0.120 e. The maximum absolute atomic E-state index is 6.01. The van der Waals surface area contributed by atoms with Gasteiger partial charge in [0.25, 0.3) is 0 Å². The van der Waals surface area contributed by atoms with E-state index in [2.05, 4.69) is 78.9 Å². The molecule has 0 aliphatic heterocycles. The highest BCUT2D eigenvalue weighted by molar-refractivity contribution is 5.86. The molecule has 0 aliphatic rings. The Balaban J connectivity index is 1.63. The topological polar surface area (TPSA) is 9.23 Å². The summed E-state index contributed by atoms with van der Waals surface area (Å²) in [6.45, 7) is 0.583.